The molecule has 0 spiro atoms. The SMILES string of the molecule is CC(C)(C)[S@@](=O)N[C@@H](Cc1cccc(S(N)(=O)=O)c1[N+](=O)[O-])c1cc(F)cc(Br)c1. The standard InChI is InChI=1S/C18H21BrFN3O5S2/c1-18(2,3)29(26)22-15(12-7-13(19)10-14(20)8-12)9-11-5-4-6-16(30(21,27)28)17(11)23(24)25/h4-8,10,15,22H,9H2,1-3H3,(H2,21,27,28)/t15-,29+/m0/s1. The quantitative estimate of drug-likeness (QED) is 0.425. The van der Waals surface area contributed by atoms with E-state index in [0.717, 1.165) is 6.07 Å². The Morgan fingerprint density at radius 1 is 1.30 bits per heavy atom. The van der Waals surface area contributed by atoms with Gasteiger partial charge in [-0.2, -0.15) is 0 Å². The molecule has 0 amide bonds. The van der Waals surface area contributed by atoms with Crippen LogP contribution in [0.15, 0.2) is 45.8 Å². The van der Waals surface area contributed by atoms with Gasteiger partial charge < -0.3 is 0 Å². The highest BCUT2D eigenvalue weighted by atomic mass is 79.9. The molecule has 0 saturated heterocycles. The maximum Gasteiger partial charge on any atom is 0.292 e. The van der Waals surface area contributed by atoms with E-state index in [-0.39, 0.29) is 12.0 Å². The van der Waals surface area contributed by atoms with Gasteiger partial charge in [-0.05, 0) is 57.0 Å². The number of halogens is 2. The van der Waals surface area contributed by atoms with Gasteiger partial charge >= 0.3 is 0 Å². The number of para-hydroxylation sites is 1. The number of sulfonamides is 1. The van der Waals surface area contributed by atoms with Crippen LogP contribution in [-0.2, 0) is 27.4 Å². The number of nitro benzene ring substituents is 1. The molecule has 2 atom stereocenters. The number of nitrogens with two attached hydrogens (primary N) is 1. The van der Waals surface area contributed by atoms with Gasteiger partial charge in [0, 0.05) is 16.1 Å². The Morgan fingerprint density at radius 2 is 1.93 bits per heavy atom. The topological polar surface area (TPSA) is 132 Å². The van der Waals surface area contributed by atoms with Crippen LogP contribution in [0, 0.1) is 15.9 Å². The number of nitrogens with one attached hydrogen (secondary N) is 1. The maximum absolute atomic E-state index is 14.0. The number of hydrogen-bond acceptors (Lipinski definition) is 5. The van der Waals surface area contributed by atoms with Gasteiger partial charge in [-0.15, -0.1) is 0 Å². The highest BCUT2D eigenvalue weighted by Crippen LogP contribution is 2.32. The molecule has 12 heteroatoms. The van der Waals surface area contributed by atoms with E-state index in [1.807, 2.05) is 0 Å². The van der Waals surface area contributed by atoms with Crippen molar-refractivity contribution in [1.29, 1.82) is 0 Å². The third-order valence-corrected chi connectivity index (χ3v) is 7.10. The lowest BCUT2D eigenvalue weighted by Gasteiger charge is -2.25. The summed E-state index contributed by atoms with van der Waals surface area (Å²) >= 11 is 3.20. The van der Waals surface area contributed by atoms with E-state index >= 15 is 0 Å². The summed E-state index contributed by atoms with van der Waals surface area (Å²) in [6.45, 7) is 5.20. The summed E-state index contributed by atoms with van der Waals surface area (Å²) in [6.07, 6.45) is -0.128. The minimum atomic E-state index is -4.35. The van der Waals surface area contributed by atoms with E-state index in [4.69, 9.17) is 5.14 Å². The summed E-state index contributed by atoms with van der Waals surface area (Å²) in [5, 5.41) is 16.8. The van der Waals surface area contributed by atoms with Crippen molar-refractivity contribution >= 4 is 42.6 Å². The third-order valence-electron chi connectivity index (χ3n) is 4.09. The maximum atomic E-state index is 14.0. The summed E-state index contributed by atoms with van der Waals surface area (Å²) < 4.78 is 53.0. The van der Waals surface area contributed by atoms with Crippen molar-refractivity contribution in [1.82, 2.24) is 4.72 Å². The molecule has 0 aliphatic rings. The predicted octanol–water partition coefficient (Wildman–Crippen LogP) is 3.48. The van der Waals surface area contributed by atoms with Gasteiger partial charge in [0.25, 0.3) is 5.69 Å². The fraction of sp³-hybridized carbons (Fsp3) is 0.333. The zero-order chi connectivity index (χ0) is 22.9. The molecule has 0 aliphatic carbocycles. The molecule has 0 saturated carbocycles. The predicted molar refractivity (Wildman–Crippen MR) is 116 cm³/mol. The molecule has 0 aromatic heterocycles. The van der Waals surface area contributed by atoms with Gasteiger partial charge in [0.15, 0.2) is 4.90 Å². The number of hydrogen-bond donors (Lipinski definition) is 2. The number of benzene rings is 2. The Bertz CT molecular complexity index is 1080. The number of rotatable bonds is 7. The Hall–Kier alpha value is -1.73. The van der Waals surface area contributed by atoms with Crippen molar-refractivity contribution in [3.05, 3.63) is 67.9 Å². The molecule has 2 rings (SSSR count). The van der Waals surface area contributed by atoms with Crippen molar-refractivity contribution in [2.45, 2.75) is 42.9 Å². The van der Waals surface area contributed by atoms with Crippen LogP contribution < -0.4 is 9.86 Å². The highest BCUT2D eigenvalue weighted by Gasteiger charge is 2.30. The van der Waals surface area contributed by atoms with Crippen molar-refractivity contribution in [2.24, 2.45) is 5.14 Å². The second-order valence-corrected chi connectivity index (χ2v) is 12.0. The minimum absolute atomic E-state index is 0.0512. The smallest absolute Gasteiger partial charge is 0.258 e. The Morgan fingerprint density at radius 3 is 2.43 bits per heavy atom. The zero-order valence-corrected chi connectivity index (χ0v) is 19.6. The van der Waals surface area contributed by atoms with Gasteiger partial charge in [0.05, 0.1) is 20.7 Å². The zero-order valence-electron chi connectivity index (χ0n) is 16.4. The van der Waals surface area contributed by atoms with Crippen LogP contribution in [0.2, 0.25) is 0 Å². The van der Waals surface area contributed by atoms with Crippen LogP contribution in [0.4, 0.5) is 10.1 Å². The Kier molecular flexibility index (Phi) is 7.51. The molecule has 30 heavy (non-hydrogen) atoms. The largest absolute Gasteiger partial charge is 0.292 e. The molecule has 0 heterocycles. The summed E-state index contributed by atoms with van der Waals surface area (Å²) in [5.74, 6) is -0.555. The molecule has 0 unspecified atom stereocenters. The normalized spacial score (nSPS) is 14.3. The average Bonchev–Trinajstić information content (AvgIpc) is 2.58. The molecular formula is C18H21BrFN3O5S2. The van der Waals surface area contributed by atoms with Crippen LogP contribution >= 0.6 is 15.9 Å². The van der Waals surface area contributed by atoms with Gasteiger partial charge in [-0.3, -0.25) is 10.1 Å². The van der Waals surface area contributed by atoms with Gasteiger partial charge in [-0.1, -0.05) is 28.1 Å². The van der Waals surface area contributed by atoms with E-state index < -0.39 is 53.1 Å². The monoisotopic (exact) mass is 521 g/mol. The van der Waals surface area contributed by atoms with Gasteiger partial charge in [-0.25, -0.2) is 26.9 Å². The van der Waals surface area contributed by atoms with Crippen LogP contribution in [0.5, 0.6) is 0 Å². The van der Waals surface area contributed by atoms with Gasteiger partial charge in [0.1, 0.15) is 5.82 Å². The number of nitro groups is 1. The van der Waals surface area contributed by atoms with Crippen molar-refractivity contribution < 1.29 is 21.9 Å². The average molecular weight is 522 g/mol. The van der Waals surface area contributed by atoms with E-state index in [9.17, 15) is 27.1 Å². The second kappa shape index (κ2) is 9.18. The minimum Gasteiger partial charge on any atom is -0.258 e. The lowest BCUT2D eigenvalue weighted by molar-refractivity contribution is -0.388. The number of primary sulfonamides is 1. The molecule has 3 N–H and O–H groups in total. The molecule has 164 valence electrons. The Balaban J connectivity index is 2.61. The van der Waals surface area contributed by atoms with Crippen LogP contribution in [0.3, 0.4) is 0 Å². The molecule has 0 bridgehead atoms. The first-order chi connectivity index (χ1) is 13.7. The van der Waals surface area contributed by atoms with Crippen LogP contribution in [-0.4, -0.2) is 22.3 Å². The van der Waals surface area contributed by atoms with Gasteiger partial charge in [0.2, 0.25) is 10.0 Å². The summed E-state index contributed by atoms with van der Waals surface area (Å²) in [4.78, 5) is 10.2. The molecule has 0 radical (unpaired) electrons. The lowest BCUT2D eigenvalue weighted by atomic mass is 9.98. The van der Waals surface area contributed by atoms with E-state index in [1.165, 1.54) is 24.3 Å². The first kappa shape index (κ1) is 24.5. The third kappa shape index (κ3) is 6.14. The molecular weight excluding hydrogens is 501 g/mol. The van der Waals surface area contributed by atoms with Crippen LogP contribution in [0.1, 0.15) is 37.9 Å². The van der Waals surface area contributed by atoms with E-state index in [2.05, 4.69) is 20.7 Å². The fourth-order valence-corrected chi connectivity index (χ4v) is 4.76. The molecule has 2 aromatic carbocycles. The molecule has 8 nitrogen and oxygen atoms in total. The second-order valence-electron chi connectivity index (χ2n) is 7.52. The summed E-state index contributed by atoms with van der Waals surface area (Å²) in [7, 11) is -5.95. The molecule has 0 aliphatic heterocycles. The van der Waals surface area contributed by atoms with E-state index in [1.54, 1.807) is 26.8 Å². The fourth-order valence-electron chi connectivity index (χ4n) is 2.70. The summed E-state index contributed by atoms with van der Waals surface area (Å²) in [5.41, 5.74) is -0.228. The van der Waals surface area contributed by atoms with Crippen molar-refractivity contribution in [2.75, 3.05) is 0 Å². The molecule has 2 aromatic rings. The summed E-state index contributed by atoms with van der Waals surface area (Å²) in [6, 6.07) is 7.01. The Labute approximate surface area is 185 Å². The van der Waals surface area contributed by atoms with Crippen LogP contribution in [0.25, 0.3) is 0 Å². The molecule has 0 fully saturated rings. The first-order valence-corrected chi connectivity index (χ1v) is 12.1. The first-order valence-electron chi connectivity index (χ1n) is 8.63. The lowest BCUT2D eigenvalue weighted by Crippen LogP contribution is -2.36. The van der Waals surface area contributed by atoms with E-state index in [0.29, 0.717) is 10.0 Å². The number of nitrogens with zero attached hydrogens (tertiary/aromatic N) is 1. The van der Waals surface area contributed by atoms with Crippen molar-refractivity contribution in [3.8, 4) is 0 Å². The highest BCUT2D eigenvalue weighted by molar-refractivity contribution is 9.10. The van der Waals surface area contributed by atoms with Crippen molar-refractivity contribution in [3.63, 3.8) is 0 Å².